The molecule has 4 nitrogen and oxygen atoms in total. The summed E-state index contributed by atoms with van der Waals surface area (Å²) in [6, 6.07) is 9.81. The van der Waals surface area contributed by atoms with Crippen LogP contribution in [0.2, 0.25) is 0 Å². The maximum atomic E-state index is 11.9. The Hall–Kier alpha value is -1.68. The molecule has 1 N–H and O–H groups in total. The summed E-state index contributed by atoms with van der Waals surface area (Å²) in [4.78, 5) is 24.9. The van der Waals surface area contributed by atoms with Gasteiger partial charge in [0.2, 0.25) is 11.8 Å². The van der Waals surface area contributed by atoms with Crippen molar-refractivity contribution in [1.82, 2.24) is 10.2 Å². The van der Waals surface area contributed by atoms with E-state index in [1.54, 1.807) is 0 Å². The third kappa shape index (κ3) is 3.01. The molecule has 4 heteroatoms. The van der Waals surface area contributed by atoms with Crippen molar-refractivity contribution in [2.24, 2.45) is 0 Å². The highest BCUT2D eigenvalue weighted by atomic mass is 16.2. The maximum Gasteiger partial charge on any atom is 0.246 e. The number of carbonyl (C=O) groups excluding carboxylic acids is 2. The molecule has 1 fully saturated rings. The number of imide groups is 1. The molecule has 0 saturated carbocycles. The SMILES string of the molecule is CCN1C(=O)CC(NCC(C)c2ccccc2)C1=O. The minimum Gasteiger partial charge on any atom is -0.305 e. The number of rotatable bonds is 5. The Morgan fingerprint density at radius 2 is 2.00 bits per heavy atom. The second-order valence-electron chi connectivity index (χ2n) is 4.95. The van der Waals surface area contributed by atoms with Crippen molar-refractivity contribution in [2.45, 2.75) is 32.2 Å². The number of benzene rings is 1. The van der Waals surface area contributed by atoms with Crippen molar-refractivity contribution in [3.05, 3.63) is 35.9 Å². The van der Waals surface area contributed by atoms with Crippen molar-refractivity contribution < 1.29 is 9.59 Å². The molecule has 1 aliphatic heterocycles. The Bertz CT molecular complexity index is 458. The second-order valence-corrected chi connectivity index (χ2v) is 4.95. The molecule has 2 amide bonds. The van der Waals surface area contributed by atoms with Crippen LogP contribution in [-0.2, 0) is 9.59 Å². The van der Waals surface area contributed by atoms with Crippen molar-refractivity contribution in [2.75, 3.05) is 13.1 Å². The van der Waals surface area contributed by atoms with Gasteiger partial charge in [-0.05, 0) is 18.4 Å². The van der Waals surface area contributed by atoms with E-state index in [-0.39, 0.29) is 24.3 Å². The third-order valence-electron chi connectivity index (χ3n) is 3.60. The summed E-state index contributed by atoms with van der Waals surface area (Å²) in [5.41, 5.74) is 1.24. The van der Waals surface area contributed by atoms with E-state index in [1.807, 2.05) is 25.1 Å². The number of nitrogens with zero attached hydrogens (tertiary/aromatic N) is 1. The van der Waals surface area contributed by atoms with Crippen LogP contribution >= 0.6 is 0 Å². The van der Waals surface area contributed by atoms with Crippen LogP contribution in [0.5, 0.6) is 0 Å². The summed E-state index contributed by atoms with van der Waals surface area (Å²) in [5, 5.41) is 3.21. The fourth-order valence-electron chi connectivity index (χ4n) is 2.39. The van der Waals surface area contributed by atoms with Crippen LogP contribution in [0.3, 0.4) is 0 Å². The topological polar surface area (TPSA) is 49.4 Å². The normalized spacial score (nSPS) is 20.9. The number of likely N-dealkylation sites (tertiary alicyclic amines) is 1. The van der Waals surface area contributed by atoms with E-state index in [2.05, 4.69) is 24.4 Å². The Labute approximate surface area is 113 Å². The molecule has 19 heavy (non-hydrogen) atoms. The Kier molecular flexibility index (Phi) is 4.32. The molecular weight excluding hydrogens is 240 g/mol. The molecule has 1 saturated heterocycles. The zero-order valence-corrected chi connectivity index (χ0v) is 11.4. The van der Waals surface area contributed by atoms with Gasteiger partial charge in [0.15, 0.2) is 0 Å². The average Bonchev–Trinajstić information content (AvgIpc) is 2.71. The van der Waals surface area contributed by atoms with E-state index in [0.29, 0.717) is 19.0 Å². The first-order valence-corrected chi connectivity index (χ1v) is 6.76. The number of nitrogens with one attached hydrogen (secondary N) is 1. The van der Waals surface area contributed by atoms with Crippen molar-refractivity contribution >= 4 is 11.8 Å². The number of likely N-dealkylation sites (N-methyl/N-ethyl adjacent to an activating group) is 1. The molecule has 2 unspecified atom stereocenters. The summed E-state index contributed by atoms with van der Waals surface area (Å²) in [7, 11) is 0. The molecule has 1 heterocycles. The van der Waals surface area contributed by atoms with Crippen LogP contribution < -0.4 is 5.32 Å². The predicted molar refractivity (Wildman–Crippen MR) is 73.7 cm³/mol. The van der Waals surface area contributed by atoms with Crippen LogP contribution in [0.4, 0.5) is 0 Å². The summed E-state index contributed by atoms with van der Waals surface area (Å²) in [6.07, 6.45) is 0.286. The zero-order chi connectivity index (χ0) is 13.8. The van der Waals surface area contributed by atoms with Crippen LogP contribution in [0.15, 0.2) is 30.3 Å². The number of hydrogen-bond donors (Lipinski definition) is 1. The molecule has 1 aromatic carbocycles. The van der Waals surface area contributed by atoms with Crippen molar-refractivity contribution in [1.29, 1.82) is 0 Å². The van der Waals surface area contributed by atoms with Crippen LogP contribution in [0.25, 0.3) is 0 Å². The lowest BCUT2D eigenvalue weighted by Gasteiger charge is -2.16. The zero-order valence-electron chi connectivity index (χ0n) is 11.4. The fourth-order valence-corrected chi connectivity index (χ4v) is 2.39. The highest BCUT2D eigenvalue weighted by Gasteiger charge is 2.37. The van der Waals surface area contributed by atoms with Gasteiger partial charge >= 0.3 is 0 Å². The standard InChI is InChI=1S/C15H20N2O2/c1-3-17-14(18)9-13(15(17)19)16-10-11(2)12-7-5-4-6-8-12/h4-8,11,13,16H,3,9-10H2,1-2H3. The molecule has 0 aromatic heterocycles. The smallest absolute Gasteiger partial charge is 0.246 e. The van der Waals surface area contributed by atoms with Crippen LogP contribution in [0.1, 0.15) is 31.7 Å². The molecule has 2 atom stereocenters. The lowest BCUT2D eigenvalue weighted by molar-refractivity contribution is -0.138. The monoisotopic (exact) mass is 260 g/mol. The number of carbonyl (C=O) groups is 2. The molecule has 1 aromatic rings. The predicted octanol–water partition coefficient (Wildman–Crippen LogP) is 1.53. The first-order valence-electron chi connectivity index (χ1n) is 6.76. The van der Waals surface area contributed by atoms with E-state index < -0.39 is 0 Å². The van der Waals surface area contributed by atoms with E-state index in [1.165, 1.54) is 10.5 Å². The summed E-state index contributed by atoms with van der Waals surface area (Å²) in [5.74, 6) is 0.157. The average molecular weight is 260 g/mol. The number of hydrogen-bond acceptors (Lipinski definition) is 3. The van der Waals surface area contributed by atoms with Crippen molar-refractivity contribution in [3.63, 3.8) is 0 Å². The molecule has 0 bridgehead atoms. The summed E-state index contributed by atoms with van der Waals surface area (Å²) < 4.78 is 0. The molecule has 1 aliphatic rings. The molecule has 0 radical (unpaired) electrons. The van der Waals surface area contributed by atoms with Gasteiger partial charge in [-0.1, -0.05) is 37.3 Å². The van der Waals surface area contributed by atoms with Gasteiger partial charge in [0.25, 0.3) is 0 Å². The highest BCUT2D eigenvalue weighted by molar-refractivity contribution is 6.05. The van der Waals surface area contributed by atoms with Gasteiger partial charge in [-0.3, -0.25) is 14.5 Å². The van der Waals surface area contributed by atoms with Crippen molar-refractivity contribution in [3.8, 4) is 0 Å². The molecule has 0 spiro atoms. The fraction of sp³-hybridized carbons (Fsp3) is 0.467. The summed E-state index contributed by atoms with van der Waals surface area (Å²) >= 11 is 0. The highest BCUT2D eigenvalue weighted by Crippen LogP contribution is 2.16. The van der Waals surface area contributed by atoms with Gasteiger partial charge in [-0.2, -0.15) is 0 Å². The molecule has 102 valence electrons. The van der Waals surface area contributed by atoms with Crippen LogP contribution in [-0.4, -0.2) is 35.8 Å². The lowest BCUT2D eigenvalue weighted by atomic mass is 10.0. The Morgan fingerprint density at radius 3 is 2.58 bits per heavy atom. The first kappa shape index (κ1) is 13.7. The van der Waals surface area contributed by atoms with E-state index in [0.717, 1.165) is 0 Å². The Morgan fingerprint density at radius 1 is 1.32 bits per heavy atom. The number of amides is 2. The largest absolute Gasteiger partial charge is 0.305 e. The maximum absolute atomic E-state index is 11.9. The van der Waals surface area contributed by atoms with Gasteiger partial charge in [-0.15, -0.1) is 0 Å². The molecule has 0 aliphatic carbocycles. The van der Waals surface area contributed by atoms with Gasteiger partial charge in [0.1, 0.15) is 0 Å². The van der Waals surface area contributed by atoms with Crippen LogP contribution in [0, 0.1) is 0 Å². The van der Waals surface area contributed by atoms with E-state index in [9.17, 15) is 9.59 Å². The van der Waals surface area contributed by atoms with Gasteiger partial charge in [0, 0.05) is 13.1 Å². The molecule has 2 rings (SSSR count). The van der Waals surface area contributed by atoms with E-state index >= 15 is 0 Å². The minimum atomic E-state index is -0.349. The van der Waals surface area contributed by atoms with Gasteiger partial charge in [0.05, 0.1) is 12.5 Å². The van der Waals surface area contributed by atoms with Gasteiger partial charge < -0.3 is 5.32 Å². The minimum absolute atomic E-state index is 0.0719. The summed E-state index contributed by atoms with van der Waals surface area (Å²) in [6.45, 7) is 5.10. The third-order valence-corrected chi connectivity index (χ3v) is 3.60. The lowest BCUT2D eigenvalue weighted by Crippen LogP contribution is -2.40. The van der Waals surface area contributed by atoms with Gasteiger partial charge in [-0.25, -0.2) is 0 Å². The Balaban J connectivity index is 1.90. The quantitative estimate of drug-likeness (QED) is 0.817. The van der Waals surface area contributed by atoms with E-state index in [4.69, 9.17) is 0 Å². The first-order chi connectivity index (χ1) is 9.13. The molecular formula is C15H20N2O2. The second kappa shape index (κ2) is 5.97.